The normalized spacial score (nSPS) is 10.5. The molecule has 7 heteroatoms. The molecule has 0 radical (unpaired) electrons. The number of aryl methyl sites for hydroxylation is 1. The van der Waals surface area contributed by atoms with Gasteiger partial charge in [-0.2, -0.15) is 5.10 Å². The Hall–Kier alpha value is -1.76. The predicted octanol–water partition coefficient (Wildman–Crippen LogP) is 1.61. The van der Waals surface area contributed by atoms with Gasteiger partial charge in [0.15, 0.2) is 5.16 Å². The lowest BCUT2D eigenvalue weighted by Gasteiger charge is -2.18. The molecule has 0 spiro atoms. The molecule has 0 unspecified atom stereocenters. The molecule has 0 aliphatic rings. The third kappa shape index (κ3) is 3.37. The molecule has 2 heterocycles. The lowest BCUT2D eigenvalue weighted by Crippen LogP contribution is -2.18. The Labute approximate surface area is 117 Å². The molecule has 6 nitrogen and oxygen atoms in total. The van der Waals surface area contributed by atoms with E-state index in [9.17, 15) is 0 Å². The molecule has 2 aromatic heterocycles. The van der Waals surface area contributed by atoms with E-state index in [0.29, 0.717) is 0 Å². The minimum atomic E-state index is 0.764. The van der Waals surface area contributed by atoms with Crippen LogP contribution in [0.5, 0.6) is 0 Å². The predicted molar refractivity (Wildman–Crippen MR) is 78.7 cm³/mol. The molecular formula is C12H18N6S. The quantitative estimate of drug-likeness (QED) is 0.662. The van der Waals surface area contributed by atoms with E-state index in [1.54, 1.807) is 4.68 Å². The van der Waals surface area contributed by atoms with Crippen LogP contribution in [-0.4, -0.2) is 40.1 Å². The zero-order valence-electron chi connectivity index (χ0n) is 11.6. The summed E-state index contributed by atoms with van der Waals surface area (Å²) < 4.78 is 1.80. The molecule has 0 fully saturated rings. The van der Waals surface area contributed by atoms with Crippen LogP contribution >= 0.6 is 11.8 Å². The third-order valence-electron chi connectivity index (χ3n) is 2.70. The number of aromatic nitrogens is 4. The number of rotatable bonds is 5. The Morgan fingerprint density at radius 1 is 1.42 bits per heavy atom. The topological polar surface area (TPSA) is 58.9 Å². The molecule has 0 aliphatic heterocycles. The smallest absolute Gasteiger partial charge is 0.191 e. The van der Waals surface area contributed by atoms with Crippen molar-refractivity contribution in [1.82, 2.24) is 19.7 Å². The fraction of sp³-hybridized carbons (Fsp3) is 0.417. The number of hydrogen-bond acceptors (Lipinski definition) is 6. The summed E-state index contributed by atoms with van der Waals surface area (Å²) in [4.78, 5) is 11.0. The summed E-state index contributed by atoms with van der Waals surface area (Å²) in [6.45, 7) is 0.766. The maximum atomic E-state index is 4.51. The van der Waals surface area contributed by atoms with Crippen LogP contribution in [0.4, 0.5) is 11.6 Å². The molecule has 102 valence electrons. The average molecular weight is 278 g/mol. The molecule has 2 rings (SSSR count). The highest BCUT2D eigenvalue weighted by atomic mass is 32.2. The number of nitrogens with zero attached hydrogens (tertiary/aromatic N) is 5. The van der Waals surface area contributed by atoms with Crippen molar-refractivity contribution in [2.75, 3.05) is 30.6 Å². The summed E-state index contributed by atoms with van der Waals surface area (Å²) >= 11 is 1.53. The summed E-state index contributed by atoms with van der Waals surface area (Å²) in [5, 5.41) is 7.99. The van der Waals surface area contributed by atoms with Crippen LogP contribution in [0.3, 0.4) is 0 Å². The van der Waals surface area contributed by atoms with Gasteiger partial charge in [0.05, 0.1) is 6.20 Å². The standard InChI is InChI=1S/C12H18N6S/c1-13-10-5-11(16-12(15-10)19-4)17(2)7-9-6-14-18(3)8-9/h5-6,8H,7H2,1-4H3,(H,13,15,16). The first-order valence-corrected chi connectivity index (χ1v) is 7.14. The zero-order valence-corrected chi connectivity index (χ0v) is 12.4. The molecule has 0 aromatic carbocycles. The molecule has 0 aliphatic carbocycles. The lowest BCUT2D eigenvalue weighted by atomic mass is 10.3. The van der Waals surface area contributed by atoms with Gasteiger partial charge in [0.1, 0.15) is 11.6 Å². The largest absolute Gasteiger partial charge is 0.373 e. The number of thioether (sulfide) groups is 1. The van der Waals surface area contributed by atoms with Gasteiger partial charge in [0.25, 0.3) is 0 Å². The van der Waals surface area contributed by atoms with Gasteiger partial charge in [-0.1, -0.05) is 11.8 Å². The molecule has 0 saturated carbocycles. The molecule has 0 bridgehead atoms. The van der Waals surface area contributed by atoms with Crippen molar-refractivity contribution in [3.05, 3.63) is 24.0 Å². The fourth-order valence-electron chi connectivity index (χ4n) is 1.74. The van der Waals surface area contributed by atoms with Crippen LogP contribution in [0.1, 0.15) is 5.56 Å². The van der Waals surface area contributed by atoms with Gasteiger partial charge >= 0.3 is 0 Å². The highest BCUT2D eigenvalue weighted by molar-refractivity contribution is 7.98. The molecular weight excluding hydrogens is 260 g/mol. The minimum Gasteiger partial charge on any atom is -0.373 e. The first-order chi connectivity index (χ1) is 9.12. The van der Waals surface area contributed by atoms with Gasteiger partial charge in [0.2, 0.25) is 0 Å². The number of nitrogens with one attached hydrogen (secondary N) is 1. The van der Waals surface area contributed by atoms with Crippen molar-refractivity contribution in [2.45, 2.75) is 11.7 Å². The van der Waals surface area contributed by atoms with Crippen LogP contribution in [-0.2, 0) is 13.6 Å². The minimum absolute atomic E-state index is 0.764. The molecule has 19 heavy (non-hydrogen) atoms. The van der Waals surface area contributed by atoms with Crippen molar-refractivity contribution in [2.24, 2.45) is 7.05 Å². The molecule has 0 amide bonds. The van der Waals surface area contributed by atoms with E-state index in [0.717, 1.165) is 28.9 Å². The molecule has 0 saturated heterocycles. The van der Waals surface area contributed by atoms with Gasteiger partial charge < -0.3 is 10.2 Å². The molecule has 1 N–H and O–H groups in total. The van der Waals surface area contributed by atoms with Crippen LogP contribution < -0.4 is 10.2 Å². The van der Waals surface area contributed by atoms with E-state index in [1.807, 2.05) is 45.9 Å². The second-order valence-electron chi connectivity index (χ2n) is 4.23. The summed E-state index contributed by atoms with van der Waals surface area (Å²) in [6.07, 6.45) is 5.85. The average Bonchev–Trinajstić information content (AvgIpc) is 2.83. The third-order valence-corrected chi connectivity index (χ3v) is 3.25. The number of hydrogen-bond donors (Lipinski definition) is 1. The van der Waals surface area contributed by atoms with Gasteiger partial charge in [-0.3, -0.25) is 4.68 Å². The first-order valence-electron chi connectivity index (χ1n) is 5.92. The van der Waals surface area contributed by atoms with E-state index in [1.165, 1.54) is 11.8 Å². The maximum Gasteiger partial charge on any atom is 0.191 e. The van der Waals surface area contributed by atoms with Crippen molar-refractivity contribution in [3.8, 4) is 0 Å². The van der Waals surface area contributed by atoms with Gasteiger partial charge in [-0.05, 0) is 6.26 Å². The highest BCUT2D eigenvalue weighted by Crippen LogP contribution is 2.20. The Morgan fingerprint density at radius 3 is 2.79 bits per heavy atom. The van der Waals surface area contributed by atoms with E-state index in [2.05, 4.69) is 25.3 Å². The van der Waals surface area contributed by atoms with Crippen LogP contribution in [0.25, 0.3) is 0 Å². The maximum absolute atomic E-state index is 4.51. The van der Waals surface area contributed by atoms with Crippen molar-refractivity contribution >= 4 is 23.4 Å². The number of anilines is 2. The lowest BCUT2D eigenvalue weighted by molar-refractivity contribution is 0.766. The molecule has 2 aromatic rings. The second kappa shape index (κ2) is 5.92. The van der Waals surface area contributed by atoms with Crippen LogP contribution in [0.15, 0.2) is 23.6 Å². The fourth-order valence-corrected chi connectivity index (χ4v) is 2.11. The summed E-state index contributed by atoms with van der Waals surface area (Å²) in [6, 6.07) is 1.94. The van der Waals surface area contributed by atoms with E-state index >= 15 is 0 Å². The Morgan fingerprint density at radius 2 is 2.21 bits per heavy atom. The van der Waals surface area contributed by atoms with Gasteiger partial charge in [0, 0.05) is 45.5 Å². The monoisotopic (exact) mass is 278 g/mol. The Kier molecular flexibility index (Phi) is 4.26. The van der Waals surface area contributed by atoms with Gasteiger partial charge in [-0.15, -0.1) is 0 Å². The second-order valence-corrected chi connectivity index (χ2v) is 5.00. The zero-order chi connectivity index (χ0) is 13.8. The van der Waals surface area contributed by atoms with E-state index in [4.69, 9.17) is 0 Å². The van der Waals surface area contributed by atoms with Crippen molar-refractivity contribution < 1.29 is 0 Å². The summed E-state index contributed by atoms with van der Waals surface area (Å²) in [7, 11) is 5.79. The van der Waals surface area contributed by atoms with Gasteiger partial charge in [-0.25, -0.2) is 9.97 Å². The Bertz CT molecular complexity index is 531. The van der Waals surface area contributed by atoms with Crippen molar-refractivity contribution in [1.29, 1.82) is 0 Å². The first kappa shape index (κ1) is 13.7. The van der Waals surface area contributed by atoms with Crippen LogP contribution in [0.2, 0.25) is 0 Å². The van der Waals surface area contributed by atoms with Crippen molar-refractivity contribution in [3.63, 3.8) is 0 Å². The summed E-state index contributed by atoms with van der Waals surface area (Å²) in [5.74, 6) is 1.72. The highest BCUT2D eigenvalue weighted by Gasteiger charge is 2.09. The van der Waals surface area contributed by atoms with E-state index < -0.39 is 0 Å². The SMILES string of the molecule is CNc1cc(N(C)Cc2cnn(C)c2)nc(SC)n1. The van der Waals surface area contributed by atoms with E-state index in [-0.39, 0.29) is 0 Å². The summed E-state index contributed by atoms with van der Waals surface area (Å²) in [5.41, 5.74) is 1.15. The van der Waals surface area contributed by atoms with Crippen LogP contribution in [0, 0.1) is 0 Å². The Balaban J connectivity index is 2.20. The molecule has 0 atom stereocenters.